The highest BCUT2D eigenvalue weighted by Crippen LogP contribution is 2.49. The largest absolute Gasteiger partial charge is 0.380 e. The second kappa shape index (κ2) is 1.39. The Morgan fingerprint density at radius 1 is 1.38 bits per heavy atom. The first-order valence-electron chi connectivity index (χ1n) is 3.03. The topological polar surface area (TPSA) is 9.23 Å². The summed E-state index contributed by atoms with van der Waals surface area (Å²) in [6.45, 7) is 1.94. The molecule has 0 unspecified atom stereocenters. The average molecular weight is 133 g/mol. The zero-order chi connectivity index (χ0) is 5.61. The van der Waals surface area contributed by atoms with Gasteiger partial charge in [0.05, 0.1) is 13.2 Å². The van der Waals surface area contributed by atoms with Crippen LogP contribution in [0.3, 0.4) is 0 Å². The summed E-state index contributed by atoms with van der Waals surface area (Å²) >= 11 is 5.79. The highest BCUT2D eigenvalue weighted by Gasteiger charge is 2.48. The van der Waals surface area contributed by atoms with E-state index in [0.717, 1.165) is 13.2 Å². The van der Waals surface area contributed by atoms with E-state index in [1.807, 2.05) is 0 Å². The molecule has 0 bridgehead atoms. The van der Waals surface area contributed by atoms with E-state index in [4.69, 9.17) is 16.3 Å². The third-order valence-corrected chi connectivity index (χ3v) is 2.43. The summed E-state index contributed by atoms with van der Waals surface area (Å²) in [6.07, 6.45) is 2.38. The minimum absolute atomic E-state index is 0.457. The summed E-state index contributed by atoms with van der Waals surface area (Å²) in [7, 11) is 0. The number of rotatable bonds is 0. The Morgan fingerprint density at radius 3 is 2.12 bits per heavy atom. The van der Waals surface area contributed by atoms with Crippen molar-refractivity contribution in [1.29, 1.82) is 0 Å². The summed E-state index contributed by atoms with van der Waals surface area (Å²) in [5.41, 5.74) is 0.562. The van der Waals surface area contributed by atoms with Crippen LogP contribution in [-0.4, -0.2) is 18.6 Å². The van der Waals surface area contributed by atoms with Gasteiger partial charge in [0.2, 0.25) is 0 Å². The van der Waals surface area contributed by atoms with Gasteiger partial charge in [-0.2, -0.15) is 0 Å². The van der Waals surface area contributed by atoms with Gasteiger partial charge in [0.1, 0.15) is 0 Å². The third-order valence-electron chi connectivity index (χ3n) is 2.13. The lowest BCUT2D eigenvalue weighted by atomic mass is 9.67. The first-order chi connectivity index (χ1) is 3.81. The van der Waals surface area contributed by atoms with Crippen LogP contribution in [0, 0.1) is 5.41 Å². The fraction of sp³-hybridized carbons (Fsp3) is 1.00. The first-order valence-corrected chi connectivity index (χ1v) is 3.46. The number of halogens is 1. The molecule has 0 radical (unpaired) electrons. The molecule has 0 atom stereocenters. The molecule has 0 aromatic heterocycles. The van der Waals surface area contributed by atoms with Crippen molar-refractivity contribution < 1.29 is 4.74 Å². The molecule has 0 N–H and O–H groups in total. The van der Waals surface area contributed by atoms with Crippen molar-refractivity contribution in [2.75, 3.05) is 13.2 Å². The van der Waals surface area contributed by atoms with Gasteiger partial charge >= 0.3 is 0 Å². The van der Waals surface area contributed by atoms with Gasteiger partial charge < -0.3 is 4.74 Å². The Morgan fingerprint density at radius 2 is 2.00 bits per heavy atom. The Kier molecular flexibility index (Phi) is 0.884. The van der Waals surface area contributed by atoms with Gasteiger partial charge in [-0.05, 0) is 12.8 Å². The molecule has 1 aliphatic heterocycles. The molecule has 8 heavy (non-hydrogen) atoms. The molecule has 1 heterocycles. The van der Waals surface area contributed by atoms with Crippen molar-refractivity contribution in [2.24, 2.45) is 5.41 Å². The highest BCUT2D eigenvalue weighted by molar-refractivity contribution is 6.21. The Labute approximate surface area is 54.0 Å². The predicted molar refractivity (Wildman–Crippen MR) is 32.1 cm³/mol. The van der Waals surface area contributed by atoms with Gasteiger partial charge in [0, 0.05) is 10.8 Å². The lowest BCUT2D eigenvalue weighted by Crippen LogP contribution is -2.52. The summed E-state index contributed by atoms with van der Waals surface area (Å²) < 4.78 is 5.07. The summed E-state index contributed by atoms with van der Waals surface area (Å²) in [5.74, 6) is 0. The third kappa shape index (κ3) is 0.517. The van der Waals surface area contributed by atoms with Crippen LogP contribution in [0.1, 0.15) is 12.8 Å². The molecule has 2 aliphatic rings. The number of ether oxygens (including phenoxy) is 1. The minimum atomic E-state index is 0.457. The van der Waals surface area contributed by atoms with Crippen LogP contribution in [0.25, 0.3) is 0 Å². The molecule has 0 amide bonds. The molecule has 1 saturated heterocycles. The monoisotopic (exact) mass is 132 g/mol. The maximum Gasteiger partial charge on any atom is 0.0545 e. The van der Waals surface area contributed by atoms with Gasteiger partial charge in [-0.25, -0.2) is 0 Å². The van der Waals surface area contributed by atoms with Crippen molar-refractivity contribution in [2.45, 2.75) is 18.2 Å². The number of hydrogen-bond donors (Lipinski definition) is 0. The van der Waals surface area contributed by atoms with Gasteiger partial charge in [0.25, 0.3) is 0 Å². The van der Waals surface area contributed by atoms with Crippen molar-refractivity contribution >= 4 is 11.6 Å². The first kappa shape index (κ1) is 5.07. The molecule has 2 rings (SSSR count). The fourth-order valence-electron chi connectivity index (χ4n) is 1.51. The van der Waals surface area contributed by atoms with E-state index >= 15 is 0 Å². The van der Waals surface area contributed by atoms with Crippen LogP contribution in [0.15, 0.2) is 0 Å². The summed E-state index contributed by atoms with van der Waals surface area (Å²) in [6, 6.07) is 0. The molecular weight excluding hydrogens is 124 g/mol. The normalized spacial score (nSPS) is 34.1. The molecule has 2 heteroatoms. The maximum absolute atomic E-state index is 5.79. The number of alkyl halides is 1. The minimum Gasteiger partial charge on any atom is -0.380 e. The van der Waals surface area contributed by atoms with Crippen LogP contribution in [0.4, 0.5) is 0 Å². The van der Waals surface area contributed by atoms with Gasteiger partial charge in [0.15, 0.2) is 0 Å². The lowest BCUT2D eigenvalue weighted by molar-refractivity contribution is -0.153. The van der Waals surface area contributed by atoms with Gasteiger partial charge in [-0.3, -0.25) is 0 Å². The lowest BCUT2D eigenvalue weighted by Gasteiger charge is -2.51. The number of hydrogen-bond acceptors (Lipinski definition) is 1. The standard InChI is InChI=1S/C6H9ClO/c7-5-1-6(2-5)3-8-4-6/h5H,1-4H2. The highest BCUT2D eigenvalue weighted by atomic mass is 35.5. The quantitative estimate of drug-likeness (QED) is 0.453. The Bertz CT molecular complexity index is 101. The van der Waals surface area contributed by atoms with E-state index in [2.05, 4.69) is 0 Å². The summed E-state index contributed by atoms with van der Waals surface area (Å²) in [4.78, 5) is 0. The van der Waals surface area contributed by atoms with Crippen LogP contribution in [0.2, 0.25) is 0 Å². The Balaban J connectivity index is 1.92. The fourth-order valence-corrected chi connectivity index (χ4v) is 2.16. The van der Waals surface area contributed by atoms with Gasteiger partial charge in [-0.15, -0.1) is 11.6 Å². The molecular formula is C6H9ClO. The molecule has 46 valence electrons. The van der Waals surface area contributed by atoms with Crippen molar-refractivity contribution in [3.63, 3.8) is 0 Å². The van der Waals surface area contributed by atoms with Crippen molar-refractivity contribution in [3.8, 4) is 0 Å². The van der Waals surface area contributed by atoms with Crippen LogP contribution in [-0.2, 0) is 4.74 Å². The van der Waals surface area contributed by atoms with E-state index < -0.39 is 0 Å². The maximum atomic E-state index is 5.79. The molecule has 0 aromatic rings. The molecule has 1 spiro atoms. The SMILES string of the molecule is ClC1CC2(COC2)C1. The molecule has 1 saturated carbocycles. The van der Waals surface area contributed by atoms with E-state index in [1.165, 1.54) is 12.8 Å². The molecule has 2 fully saturated rings. The molecule has 1 aliphatic carbocycles. The second-order valence-corrected chi connectivity index (χ2v) is 3.62. The van der Waals surface area contributed by atoms with Gasteiger partial charge in [-0.1, -0.05) is 0 Å². The van der Waals surface area contributed by atoms with E-state index in [-0.39, 0.29) is 0 Å². The van der Waals surface area contributed by atoms with E-state index in [1.54, 1.807) is 0 Å². The summed E-state index contributed by atoms with van der Waals surface area (Å²) in [5, 5.41) is 0.457. The zero-order valence-corrected chi connectivity index (χ0v) is 5.45. The predicted octanol–water partition coefficient (Wildman–Crippen LogP) is 1.40. The van der Waals surface area contributed by atoms with Crippen molar-refractivity contribution in [3.05, 3.63) is 0 Å². The smallest absolute Gasteiger partial charge is 0.0545 e. The zero-order valence-electron chi connectivity index (χ0n) is 4.69. The van der Waals surface area contributed by atoms with E-state index in [9.17, 15) is 0 Å². The van der Waals surface area contributed by atoms with E-state index in [0.29, 0.717) is 10.8 Å². The van der Waals surface area contributed by atoms with Crippen LogP contribution >= 0.6 is 11.6 Å². The second-order valence-electron chi connectivity index (χ2n) is 3.00. The van der Waals surface area contributed by atoms with Crippen molar-refractivity contribution in [1.82, 2.24) is 0 Å². The Hall–Kier alpha value is 0.250. The average Bonchev–Trinajstić information content (AvgIpc) is 1.51. The molecule has 0 aromatic carbocycles. The van der Waals surface area contributed by atoms with Crippen LogP contribution in [0.5, 0.6) is 0 Å². The molecule has 1 nitrogen and oxygen atoms in total. The van der Waals surface area contributed by atoms with Crippen LogP contribution < -0.4 is 0 Å².